The fourth-order valence-corrected chi connectivity index (χ4v) is 3.81. The van der Waals surface area contributed by atoms with E-state index in [0.29, 0.717) is 19.4 Å². The molecule has 3 amide bonds. The molecule has 1 unspecified atom stereocenters. The van der Waals surface area contributed by atoms with E-state index < -0.39 is 29.1 Å². The minimum Gasteiger partial charge on any atom is -0.444 e. The van der Waals surface area contributed by atoms with E-state index in [-0.39, 0.29) is 17.7 Å². The van der Waals surface area contributed by atoms with Gasteiger partial charge in [-0.1, -0.05) is 0 Å². The van der Waals surface area contributed by atoms with Gasteiger partial charge in [0, 0.05) is 18.3 Å². The van der Waals surface area contributed by atoms with Crippen molar-refractivity contribution >= 4 is 30.5 Å². The topological polar surface area (TPSA) is 102 Å². The van der Waals surface area contributed by atoms with Crippen LogP contribution in [0, 0.1) is 5.41 Å². The predicted octanol–water partition coefficient (Wildman–Crippen LogP) is 1.07. The highest BCUT2D eigenvalue weighted by Gasteiger charge is 2.55. The van der Waals surface area contributed by atoms with Crippen LogP contribution in [0.5, 0.6) is 0 Å². The quantitative estimate of drug-likeness (QED) is 0.517. The maximum Gasteiger partial charge on any atom is 0.407 e. The Hall–Kier alpha value is -1.44. The Morgan fingerprint density at radius 2 is 2.00 bits per heavy atom. The molecule has 0 aromatic heterocycles. The van der Waals surface area contributed by atoms with Crippen molar-refractivity contribution in [3.05, 3.63) is 0 Å². The molecule has 0 radical (unpaired) electrons. The lowest BCUT2D eigenvalue weighted by molar-refractivity contribution is -0.170. The van der Waals surface area contributed by atoms with Gasteiger partial charge in [-0.25, -0.2) is 4.79 Å². The van der Waals surface area contributed by atoms with Crippen molar-refractivity contribution < 1.29 is 19.1 Å². The molecule has 1 aliphatic heterocycles. The van der Waals surface area contributed by atoms with Crippen molar-refractivity contribution in [2.45, 2.75) is 64.1 Å². The number of ether oxygens (including phenoxy) is 1. The van der Waals surface area contributed by atoms with E-state index in [1.165, 1.54) is 4.90 Å². The molecule has 0 bridgehead atoms. The van der Waals surface area contributed by atoms with E-state index in [1.807, 2.05) is 20.8 Å². The normalized spacial score (nSPS) is 28.2. The number of nitrogens with two attached hydrogens (primary N) is 1. The number of carbonyl (C=O) groups excluding carboxylic acids is 3. The molecule has 1 heterocycles. The third-order valence-electron chi connectivity index (χ3n) is 4.73. The van der Waals surface area contributed by atoms with Gasteiger partial charge in [-0.15, -0.1) is 0 Å². The summed E-state index contributed by atoms with van der Waals surface area (Å²) in [6.45, 7) is 6.00. The fourth-order valence-electron chi connectivity index (χ4n) is 3.43. The van der Waals surface area contributed by atoms with Crippen molar-refractivity contribution in [3.8, 4) is 0 Å². The molecular formula is C16H27N3O4S. The molecule has 1 atom stereocenters. The van der Waals surface area contributed by atoms with E-state index >= 15 is 0 Å². The number of hydrogen-bond acceptors (Lipinski definition) is 5. The Morgan fingerprint density at radius 1 is 1.42 bits per heavy atom. The molecule has 0 aromatic carbocycles. The second-order valence-electron chi connectivity index (χ2n) is 7.73. The largest absolute Gasteiger partial charge is 0.444 e. The Kier molecular flexibility index (Phi) is 5.37. The molecule has 136 valence electrons. The lowest BCUT2D eigenvalue weighted by Crippen LogP contribution is -2.68. The van der Waals surface area contributed by atoms with Crippen LogP contribution < -0.4 is 11.1 Å². The van der Waals surface area contributed by atoms with Crippen molar-refractivity contribution in [1.29, 1.82) is 0 Å². The highest BCUT2D eigenvalue weighted by Crippen LogP contribution is 2.45. The number of nitrogens with zero attached hydrogens (tertiary/aromatic N) is 1. The summed E-state index contributed by atoms with van der Waals surface area (Å²) in [7, 11) is 0. The van der Waals surface area contributed by atoms with Gasteiger partial charge in [0.25, 0.3) is 0 Å². The smallest absolute Gasteiger partial charge is 0.407 e. The lowest BCUT2D eigenvalue weighted by Gasteiger charge is -2.53. The summed E-state index contributed by atoms with van der Waals surface area (Å²) >= 11 is 4.10. The SMILES string of the molecule is CC(C)(C)OC(=O)NC1CCC2(CC1)CN(C(CS)C(N)=O)C2=O. The minimum absolute atomic E-state index is 0.0175. The Balaban J connectivity index is 1.84. The summed E-state index contributed by atoms with van der Waals surface area (Å²) in [6.07, 6.45) is 2.41. The summed E-state index contributed by atoms with van der Waals surface area (Å²) in [5.41, 5.74) is 4.40. The number of primary amides is 1. The first-order valence-electron chi connectivity index (χ1n) is 8.29. The van der Waals surface area contributed by atoms with Gasteiger partial charge in [0.1, 0.15) is 11.6 Å². The summed E-state index contributed by atoms with van der Waals surface area (Å²) in [5, 5.41) is 2.87. The molecule has 24 heavy (non-hydrogen) atoms. The van der Waals surface area contributed by atoms with Gasteiger partial charge in [0.15, 0.2) is 0 Å². The number of amides is 3. The van der Waals surface area contributed by atoms with E-state index in [4.69, 9.17) is 10.5 Å². The third-order valence-corrected chi connectivity index (χ3v) is 5.07. The molecule has 1 spiro atoms. The van der Waals surface area contributed by atoms with Gasteiger partial charge in [0.2, 0.25) is 11.8 Å². The maximum absolute atomic E-state index is 12.5. The Bertz CT molecular complexity index is 524. The number of nitrogens with one attached hydrogen (secondary N) is 1. The highest BCUT2D eigenvalue weighted by atomic mass is 32.1. The molecule has 2 aliphatic rings. The van der Waals surface area contributed by atoms with Crippen LogP contribution in [-0.4, -0.2) is 52.8 Å². The number of β-lactam (4-membered cyclic amide) rings is 1. The molecule has 1 saturated heterocycles. The zero-order chi connectivity index (χ0) is 18.1. The molecule has 8 heteroatoms. The van der Waals surface area contributed by atoms with Gasteiger partial charge in [0.05, 0.1) is 5.41 Å². The highest BCUT2D eigenvalue weighted by molar-refractivity contribution is 7.80. The average molecular weight is 357 g/mol. The van der Waals surface area contributed by atoms with Crippen LogP contribution in [0.1, 0.15) is 46.5 Å². The summed E-state index contributed by atoms with van der Waals surface area (Å²) in [5.74, 6) is -0.301. The molecular weight excluding hydrogens is 330 g/mol. The van der Waals surface area contributed by atoms with Crippen molar-refractivity contribution in [1.82, 2.24) is 10.2 Å². The van der Waals surface area contributed by atoms with Crippen LogP contribution in [0.3, 0.4) is 0 Å². The number of hydrogen-bond donors (Lipinski definition) is 3. The average Bonchev–Trinajstić information content (AvgIpc) is 2.46. The molecule has 2 fully saturated rings. The summed E-state index contributed by atoms with van der Waals surface area (Å²) in [4.78, 5) is 37.3. The summed E-state index contributed by atoms with van der Waals surface area (Å²) < 4.78 is 5.26. The first kappa shape index (κ1) is 18.9. The molecule has 1 saturated carbocycles. The van der Waals surface area contributed by atoms with Crippen LogP contribution in [0.4, 0.5) is 4.79 Å². The second-order valence-corrected chi connectivity index (χ2v) is 8.10. The van der Waals surface area contributed by atoms with Crippen molar-refractivity contribution in [2.24, 2.45) is 11.1 Å². The third kappa shape index (κ3) is 3.96. The number of carbonyl (C=O) groups is 3. The van der Waals surface area contributed by atoms with Crippen molar-refractivity contribution in [3.63, 3.8) is 0 Å². The number of thiol groups is 1. The number of likely N-dealkylation sites (tertiary alicyclic amines) is 1. The number of rotatable bonds is 4. The number of alkyl carbamates (subject to hydrolysis) is 1. The van der Waals surface area contributed by atoms with Crippen LogP contribution in [-0.2, 0) is 14.3 Å². The monoisotopic (exact) mass is 357 g/mol. The maximum atomic E-state index is 12.5. The molecule has 0 aromatic rings. The summed E-state index contributed by atoms with van der Waals surface area (Å²) in [6, 6.07) is -0.617. The lowest BCUT2D eigenvalue weighted by atomic mass is 9.66. The van der Waals surface area contributed by atoms with Gasteiger partial charge in [-0.2, -0.15) is 12.6 Å². The zero-order valence-corrected chi connectivity index (χ0v) is 15.4. The molecule has 2 rings (SSSR count). The second kappa shape index (κ2) is 6.82. The first-order chi connectivity index (χ1) is 11.1. The van der Waals surface area contributed by atoms with Gasteiger partial charge in [-0.3, -0.25) is 9.59 Å². The van der Waals surface area contributed by atoms with Crippen molar-refractivity contribution in [2.75, 3.05) is 12.3 Å². The Labute approximate surface area is 148 Å². The first-order valence-corrected chi connectivity index (χ1v) is 8.92. The van der Waals surface area contributed by atoms with Gasteiger partial charge >= 0.3 is 6.09 Å². The van der Waals surface area contributed by atoms with E-state index in [2.05, 4.69) is 17.9 Å². The van der Waals surface area contributed by atoms with E-state index in [0.717, 1.165) is 12.8 Å². The van der Waals surface area contributed by atoms with Crippen LogP contribution >= 0.6 is 12.6 Å². The van der Waals surface area contributed by atoms with Crippen LogP contribution in [0.2, 0.25) is 0 Å². The van der Waals surface area contributed by atoms with Gasteiger partial charge < -0.3 is 20.7 Å². The Morgan fingerprint density at radius 3 is 2.42 bits per heavy atom. The van der Waals surface area contributed by atoms with E-state index in [9.17, 15) is 14.4 Å². The molecule has 1 aliphatic carbocycles. The standard InChI is InChI=1S/C16H27N3O4S/c1-15(2,3)23-14(22)18-10-4-6-16(7-5-10)9-19(13(16)21)11(8-24)12(17)20/h10-11,24H,4-9H2,1-3H3,(H2,17,20)(H,18,22). The molecule has 3 N–H and O–H groups in total. The van der Waals surface area contributed by atoms with Crippen LogP contribution in [0.15, 0.2) is 0 Å². The zero-order valence-electron chi connectivity index (χ0n) is 14.5. The predicted molar refractivity (Wildman–Crippen MR) is 92.6 cm³/mol. The molecule has 7 nitrogen and oxygen atoms in total. The minimum atomic E-state index is -0.635. The fraction of sp³-hybridized carbons (Fsp3) is 0.812. The van der Waals surface area contributed by atoms with Gasteiger partial charge in [-0.05, 0) is 46.5 Å². The van der Waals surface area contributed by atoms with E-state index in [1.54, 1.807) is 0 Å². The van der Waals surface area contributed by atoms with Crippen LogP contribution in [0.25, 0.3) is 0 Å².